The molecule has 5 aliphatic heterocycles. The fourth-order valence-electron chi connectivity index (χ4n) is 17.4. The number of hydrogen-bond acceptors (Lipinski definition) is 13. The van der Waals surface area contributed by atoms with Crippen LogP contribution >= 0.6 is 0 Å². The van der Waals surface area contributed by atoms with Crippen LogP contribution in [0.2, 0.25) is 0 Å². The van der Waals surface area contributed by atoms with Gasteiger partial charge < -0.3 is 64.4 Å². The van der Waals surface area contributed by atoms with E-state index in [0.717, 1.165) is 57.3 Å². The molecule has 5 heterocycles. The molecule has 2 aromatic rings. The molecule has 2 aliphatic carbocycles. The predicted molar refractivity (Wildman–Crippen MR) is 397 cm³/mol. The second kappa shape index (κ2) is 37.7. The molecule has 25 nitrogen and oxygen atoms in total. The first-order valence-electron chi connectivity index (χ1n) is 39.8. The van der Waals surface area contributed by atoms with Crippen LogP contribution in [0.5, 0.6) is 0 Å². The summed E-state index contributed by atoms with van der Waals surface area (Å²) >= 11 is 0. The number of nitrogens with zero attached hydrogens (tertiary/aromatic N) is 10. The minimum atomic E-state index is -5.46. The van der Waals surface area contributed by atoms with Crippen LogP contribution in [0.3, 0.4) is 0 Å². The van der Waals surface area contributed by atoms with Crippen molar-refractivity contribution in [1.29, 1.82) is 0 Å². The standard InChI is InChI=1S/C80H110F8N12O13/c1-11-24-57-68(103)90-66(48(4)12-2)75(110)98-40-22-28-59(98)71(106)93(7)58-27-16-14-21-39-99(74(58)109)61(43-49-29-32-52(33-30-49)79(83,84)85)70(105)91(5)47-63(101)89-56(34-31-50-41-54(81)65(55(82)42-50)80(86,87)88)69(104)100-46-53(113-13-3)44-62(100)72(107)96(10)78(35-23-36-78)77(112)95(9)67(51-25-17-18-26-51)76(111)94(8)60(45-64(102)92(57)6)73(108)97-37-19-15-20-38-97/h14,16,29-30,32-33,41-42,48,51,53,56-62,66-67H,11-13,15,17-28,31,34-40,43-47H2,1-10H3,(H,89,101)(H,90,103)/t48-,53?,56?,57?,58?,59?,60?,61?,62?,66?,67?/m0/s1. The molecule has 4 saturated heterocycles. The fraction of sp³-hybridized carbons (Fsp3) is 0.675. The number of hydrogen-bond donors (Lipinski definition) is 2. The van der Waals surface area contributed by atoms with Gasteiger partial charge in [0.1, 0.15) is 77.1 Å². The maximum Gasteiger partial charge on any atom is 0.422 e. The third-order valence-electron chi connectivity index (χ3n) is 24.4. The molecular weight excluding hydrogens is 1490 g/mol. The molecular formula is C80H110F8N12O13. The maximum atomic E-state index is 15.9. The van der Waals surface area contributed by atoms with Gasteiger partial charge in [-0.25, -0.2) is 8.78 Å². The highest BCUT2D eigenvalue weighted by molar-refractivity contribution is 6.01. The van der Waals surface area contributed by atoms with Crippen LogP contribution < -0.4 is 10.6 Å². The third-order valence-corrected chi connectivity index (χ3v) is 24.4. The summed E-state index contributed by atoms with van der Waals surface area (Å²) < 4.78 is 121. The van der Waals surface area contributed by atoms with Crippen LogP contribution in [0.15, 0.2) is 48.6 Å². The first-order chi connectivity index (χ1) is 53.4. The van der Waals surface area contributed by atoms with E-state index in [1.165, 1.54) is 59.7 Å². The van der Waals surface area contributed by atoms with Crippen molar-refractivity contribution in [3.8, 4) is 0 Å². The van der Waals surface area contributed by atoms with Gasteiger partial charge in [0.15, 0.2) is 0 Å². The van der Waals surface area contributed by atoms with Crippen molar-refractivity contribution in [2.24, 2.45) is 11.8 Å². The van der Waals surface area contributed by atoms with Gasteiger partial charge in [-0.1, -0.05) is 70.7 Å². The number of halogens is 8. The Labute approximate surface area is 655 Å². The zero-order chi connectivity index (χ0) is 82.9. The van der Waals surface area contributed by atoms with E-state index >= 15 is 61.5 Å². The number of nitrogens with one attached hydrogen (secondary N) is 2. The van der Waals surface area contributed by atoms with Crippen molar-refractivity contribution in [2.45, 2.75) is 247 Å². The maximum absolute atomic E-state index is 15.9. The van der Waals surface area contributed by atoms with Crippen molar-refractivity contribution in [3.05, 3.63) is 82.4 Å². The first kappa shape index (κ1) is 88.2. The minimum absolute atomic E-state index is 0.0416. The lowest BCUT2D eigenvalue weighted by atomic mass is 9.73. The number of alkyl halides is 6. The quantitative estimate of drug-likeness (QED) is 0.147. The Morgan fingerprint density at radius 2 is 1.27 bits per heavy atom. The summed E-state index contributed by atoms with van der Waals surface area (Å²) in [4.78, 5) is 197. The number of amides is 12. The molecule has 2 saturated carbocycles. The van der Waals surface area contributed by atoms with E-state index in [2.05, 4.69) is 10.6 Å². The van der Waals surface area contributed by atoms with Crippen molar-refractivity contribution in [1.82, 2.24) is 59.6 Å². The summed E-state index contributed by atoms with van der Waals surface area (Å²) in [6, 6.07) is -8.22. The molecule has 7 aliphatic rings. The molecule has 10 unspecified atom stereocenters. The van der Waals surface area contributed by atoms with E-state index in [1.54, 1.807) is 44.7 Å². The molecule has 0 radical (unpaired) electrons. The first-order valence-corrected chi connectivity index (χ1v) is 39.8. The number of likely N-dealkylation sites (tertiary alicyclic amines) is 1. The van der Waals surface area contributed by atoms with E-state index in [9.17, 15) is 31.1 Å². The molecule has 33 heteroatoms. The highest BCUT2D eigenvalue weighted by Crippen LogP contribution is 2.43. The number of carbonyl (C=O) groups is 12. The van der Waals surface area contributed by atoms with Gasteiger partial charge in [0.05, 0.1) is 24.6 Å². The Morgan fingerprint density at radius 1 is 0.611 bits per heavy atom. The van der Waals surface area contributed by atoms with Gasteiger partial charge in [0.25, 0.3) is 0 Å². The van der Waals surface area contributed by atoms with E-state index in [4.69, 9.17) is 4.74 Å². The van der Waals surface area contributed by atoms with Crippen molar-refractivity contribution >= 4 is 70.9 Å². The summed E-state index contributed by atoms with van der Waals surface area (Å²) in [5.41, 5.74) is -5.16. The van der Waals surface area contributed by atoms with Gasteiger partial charge in [0.2, 0.25) is 70.9 Å². The number of carbonyl (C=O) groups excluding carboxylic acids is 12. The van der Waals surface area contributed by atoms with Gasteiger partial charge >= 0.3 is 12.4 Å². The van der Waals surface area contributed by atoms with Gasteiger partial charge in [-0.2, -0.15) is 26.3 Å². The van der Waals surface area contributed by atoms with Gasteiger partial charge in [0, 0.05) is 94.5 Å². The molecule has 9 rings (SSSR count). The number of ether oxygens (including phenoxy) is 1. The second-order valence-electron chi connectivity index (χ2n) is 31.6. The fourth-order valence-corrected chi connectivity index (χ4v) is 17.4. The molecule has 2 bridgehead atoms. The lowest BCUT2D eigenvalue weighted by Gasteiger charge is -2.51. The number of likely N-dealkylation sites (N-methyl/N-ethyl adjacent to an activating group) is 6. The Morgan fingerprint density at radius 3 is 1.86 bits per heavy atom. The van der Waals surface area contributed by atoms with Crippen LogP contribution in [0.1, 0.15) is 178 Å². The number of aryl methyl sites for hydroxylation is 1. The van der Waals surface area contributed by atoms with E-state index in [-0.39, 0.29) is 76.8 Å². The Balaban J connectivity index is 1.15. The number of fused-ring (bicyclic) bond motifs is 4. The molecule has 2 N–H and O–H groups in total. The van der Waals surface area contributed by atoms with E-state index in [1.807, 2.05) is 0 Å². The Hall–Kier alpha value is -8.78. The summed E-state index contributed by atoms with van der Waals surface area (Å²) in [6.07, 6.45) is -4.14. The zero-order valence-corrected chi connectivity index (χ0v) is 66.4. The van der Waals surface area contributed by atoms with Crippen LogP contribution in [0.4, 0.5) is 35.1 Å². The van der Waals surface area contributed by atoms with Gasteiger partial charge in [-0.05, 0) is 150 Å². The summed E-state index contributed by atoms with van der Waals surface area (Å²) in [6.45, 7) is 6.24. The lowest BCUT2D eigenvalue weighted by molar-refractivity contribution is -0.166. The predicted octanol–water partition coefficient (Wildman–Crippen LogP) is 7.29. The molecule has 11 atom stereocenters. The summed E-state index contributed by atoms with van der Waals surface area (Å²) in [7, 11) is 8.14. The van der Waals surface area contributed by atoms with Crippen LogP contribution in [0, 0.1) is 23.5 Å². The number of piperidine rings is 1. The number of rotatable bonds is 13. The lowest BCUT2D eigenvalue weighted by Crippen LogP contribution is -2.68. The van der Waals surface area contributed by atoms with Crippen molar-refractivity contribution < 1.29 is 97.4 Å². The van der Waals surface area contributed by atoms with Gasteiger partial charge in [-0.15, -0.1) is 0 Å². The molecule has 1 spiro atoms. The van der Waals surface area contributed by atoms with Crippen LogP contribution in [-0.2, 0) is 87.5 Å². The highest BCUT2D eigenvalue weighted by Gasteiger charge is 2.57. The summed E-state index contributed by atoms with van der Waals surface area (Å²) in [5, 5.41) is 5.51. The third kappa shape index (κ3) is 19.8. The average molecular weight is 1600 g/mol. The monoisotopic (exact) mass is 1600 g/mol. The Kier molecular flexibility index (Phi) is 29.4. The number of benzene rings is 2. The SMILES string of the molecule is CCCC1C(=O)NC([C@@H](C)CC)C(=O)N2CCCC2C(=O)N(C)C2CC=CCCN(C2=O)C(Cc2ccc(C(F)(F)F)cc2)C(=O)N(C)CC(=O)NC(CCc2cc(F)c(C(F)(F)F)c(F)c2)C(=O)N2CC(OCC)CC2C(=O)N(C)C2(CCC2)C(=O)N(C)C(C2CCCC2)C(=O)N(C)C(C(=O)N2CCCCC2)CC(=O)N1C. The zero-order valence-electron chi connectivity index (χ0n) is 66.4. The van der Waals surface area contributed by atoms with E-state index in [0.29, 0.717) is 89.4 Å². The highest BCUT2D eigenvalue weighted by atomic mass is 19.4. The molecule has 113 heavy (non-hydrogen) atoms. The van der Waals surface area contributed by atoms with Crippen molar-refractivity contribution in [2.75, 3.05) is 88.2 Å². The normalized spacial score (nSPS) is 27.2. The molecule has 0 aromatic heterocycles. The summed E-state index contributed by atoms with van der Waals surface area (Å²) in [5.74, 6) is -14.3. The largest absolute Gasteiger partial charge is 0.422 e. The smallest absolute Gasteiger partial charge is 0.377 e. The minimum Gasteiger partial charge on any atom is -0.377 e. The Bertz CT molecular complexity index is 3830. The molecule has 12 amide bonds. The molecule has 6 fully saturated rings. The molecule has 2 aromatic carbocycles. The van der Waals surface area contributed by atoms with Crippen molar-refractivity contribution in [3.63, 3.8) is 0 Å². The van der Waals surface area contributed by atoms with E-state index < -0.39 is 222 Å². The second-order valence-corrected chi connectivity index (χ2v) is 31.6. The topological polar surface area (TPSA) is 271 Å². The van der Waals surface area contributed by atoms with Crippen LogP contribution in [-0.4, -0.2) is 274 Å². The molecule has 624 valence electrons. The van der Waals surface area contributed by atoms with Crippen LogP contribution in [0.25, 0.3) is 0 Å². The average Bonchev–Trinajstić information content (AvgIpc) is 1.70. The van der Waals surface area contributed by atoms with Gasteiger partial charge in [-0.3, -0.25) is 57.5 Å².